The van der Waals surface area contributed by atoms with E-state index in [1.165, 1.54) is 0 Å². The van der Waals surface area contributed by atoms with Crippen molar-refractivity contribution in [3.05, 3.63) is 40.4 Å². The number of carbonyl (C=O) groups is 3. The number of ether oxygens (including phenoxy) is 2. The Morgan fingerprint density at radius 2 is 1.84 bits per heavy atom. The van der Waals surface area contributed by atoms with E-state index in [4.69, 9.17) is 9.47 Å². The molecule has 0 bridgehead atoms. The largest absolute Gasteiger partial charge is 0.496 e. The lowest BCUT2D eigenvalue weighted by molar-refractivity contribution is -0.153. The first-order valence-electron chi connectivity index (χ1n) is 7.99. The molecule has 6 nitrogen and oxygen atoms in total. The molecule has 1 fully saturated rings. The summed E-state index contributed by atoms with van der Waals surface area (Å²) in [4.78, 5) is 37.7. The van der Waals surface area contributed by atoms with Gasteiger partial charge in [0.05, 0.1) is 23.4 Å². The molecule has 132 valence electrons. The van der Waals surface area contributed by atoms with E-state index in [0.717, 1.165) is 14.9 Å². The van der Waals surface area contributed by atoms with Crippen LogP contribution in [0.3, 0.4) is 0 Å². The Morgan fingerprint density at radius 3 is 2.40 bits per heavy atom. The molecule has 0 radical (unpaired) electrons. The summed E-state index contributed by atoms with van der Waals surface area (Å²) in [6, 6.07) is 5.33. The maximum absolute atomic E-state index is 12.3. The van der Waals surface area contributed by atoms with Gasteiger partial charge in [-0.05, 0) is 46.5 Å². The van der Waals surface area contributed by atoms with Crippen LogP contribution in [0.15, 0.2) is 34.8 Å². The van der Waals surface area contributed by atoms with E-state index in [1.807, 2.05) is 12.2 Å². The summed E-state index contributed by atoms with van der Waals surface area (Å²) in [6.45, 7) is -0.270. The predicted octanol–water partition coefficient (Wildman–Crippen LogP) is 2.45. The maximum atomic E-state index is 12.3. The maximum Gasteiger partial charge on any atom is 0.326 e. The normalized spacial score (nSPS) is 22.1. The van der Waals surface area contributed by atoms with E-state index in [-0.39, 0.29) is 36.8 Å². The second-order valence-electron chi connectivity index (χ2n) is 6.05. The number of esters is 1. The van der Waals surface area contributed by atoms with E-state index in [0.29, 0.717) is 18.6 Å². The second-order valence-corrected chi connectivity index (χ2v) is 6.90. The molecule has 2 atom stereocenters. The minimum absolute atomic E-state index is 0.0616. The second kappa shape index (κ2) is 7.39. The van der Waals surface area contributed by atoms with Gasteiger partial charge in [0.25, 0.3) is 0 Å². The molecule has 0 spiro atoms. The smallest absolute Gasteiger partial charge is 0.326 e. The van der Waals surface area contributed by atoms with Gasteiger partial charge in [-0.3, -0.25) is 19.3 Å². The fourth-order valence-corrected chi connectivity index (χ4v) is 3.75. The summed E-state index contributed by atoms with van der Waals surface area (Å²) in [7, 11) is 1.57. The Kier molecular flexibility index (Phi) is 5.22. The highest BCUT2D eigenvalue weighted by molar-refractivity contribution is 9.10. The van der Waals surface area contributed by atoms with Crippen LogP contribution in [0.25, 0.3) is 0 Å². The van der Waals surface area contributed by atoms with Gasteiger partial charge in [0, 0.05) is 0 Å². The topological polar surface area (TPSA) is 72.9 Å². The third-order valence-electron chi connectivity index (χ3n) is 4.50. The number of halogens is 1. The molecule has 1 aromatic carbocycles. The third kappa shape index (κ3) is 3.61. The summed E-state index contributed by atoms with van der Waals surface area (Å²) < 4.78 is 11.1. The first-order valence-corrected chi connectivity index (χ1v) is 8.79. The molecule has 0 aromatic heterocycles. The fraction of sp³-hybridized carbons (Fsp3) is 0.389. The van der Waals surface area contributed by atoms with E-state index in [9.17, 15) is 14.4 Å². The summed E-state index contributed by atoms with van der Waals surface area (Å²) in [5.41, 5.74) is 0.776. The van der Waals surface area contributed by atoms with Crippen LogP contribution in [-0.2, 0) is 25.7 Å². The van der Waals surface area contributed by atoms with Crippen LogP contribution in [0.2, 0.25) is 0 Å². The van der Waals surface area contributed by atoms with Crippen LogP contribution >= 0.6 is 15.9 Å². The molecular weight excluding hydrogens is 390 g/mol. The minimum Gasteiger partial charge on any atom is -0.496 e. The van der Waals surface area contributed by atoms with Crippen molar-refractivity contribution >= 4 is 33.7 Å². The number of hydrogen-bond acceptors (Lipinski definition) is 5. The predicted molar refractivity (Wildman–Crippen MR) is 92.6 cm³/mol. The van der Waals surface area contributed by atoms with Crippen LogP contribution < -0.4 is 4.74 Å². The molecule has 1 aliphatic carbocycles. The van der Waals surface area contributed by atoms with Gasteiger partial charge >= 0.3 is 5.97 Å². The van der Waals surface area contributed by atoms with Gasteiger partial charge in [0.2, 0.25) is 11.8 Å². The van der Waals surface area contributed by atoms with Crippen molar-refractivity contribution in [2.45, 2.75) is 19.4 Å². The molecule has 1 aromatic rings. The molecule has 2 aliphatic rings. The average Bonchev–Trinajstić information content (AvgIpc) is 2.85. The highest BCUT2D eigenvalue weighted by Crippen LogP contribution is 2.34. The van der Waals surface area contributed by atoms with Crippen LogP contribution in [-0.4, -0.2) is 36.3 Å². The summed E-state index contributed by atoms with van der Waals surface area (Å²) in [5, 5.41) is 0. The number of hydrogen-bond donors (Lipinski definition) is 0. The van der Waals surface area contributed by atoms with Crippen molar-refractivity contribution in [2.24, 2.45) is 11.8 Å². The van der Waals surface area contributed by atoms with Crippen LogP contribution in [0.1, 0.15) is 18.4 Å². The summed E-state index contributed by atoms with van der Waals surface area (Å²) >= 11 is 3.37. The van der Waals surface area contributed by atoms with E-state index in [1.54, 1.807) is 25.3 Å². The van der Waals surface area contributed by atoms with Crippen molar-refractivity contribution in [1.29, 1.82) is 0 Å². The monoisotopic (exact) mass is 407 g/mol. The molecule has 1 aliphatic heterocycles. The van der Waals surface area contributed by atoms with Gasteiger partial charge in [-0.15, -0.1) is 0 Å². The van der Waals surface area contributed by atoms with Crippen LogP contribution in [0, 0.1) is 11.8 Å². The minimum atomic E-state index is -0.597. The number of methoxy groups -OCH3 is 1. The summed E-state index contributed by atoms with van der Waals surface area (Å²) in [5.74, 6) is -1.13. The number of nitrogens with zero attached hydrogens (tertiary/aromatic N) is 1. The number of amides is 2. The number of carbonyl (C=O) groups excluding carboxylic acids is 3. The van der Waals surface area contributed by atoms with Gasteiger partial charge < -0.3 is 9.47 Å². The molecule has 2 amide bonds. The van der Waals surface area contributed by atoms with Crippen molar-refractivity contribution in [3.8, 4) is 5.75 Å². The van der Waals surface area contributed by atoms with E-state index >= 15 is 0 Å². The molecule has 0 saturated carbocycles. The number of rotatable bonds is 5. The SMILES string of the molecule is COc1ccc(COC(=O)CN2C(=O)[C@@H]3CC=CC[C@H]3C2=O)cc1Br. The molecule has 1 heterocycles. The van der Waals surface area contributed by atoms with Crippen molar-refractivity contribution < 1.29 is 23.9 Å². The van der Waals surface area contributed by atoms with Gasteiger partial charge in [0.1, 0.15) is 18.9 Å². The Morgan fingerprint density at radius 1 is 1.20 bits per heavy atom. The van der Waals surface area contributed by atoms with Gasteiger partial charge in [-0.25, -0.2) is 0 Å². The van der Waals surface area contributed by atoms with Gasteiger partial charge in [-0.1, -0.05) is 18.2 Å². The zero-order chi connectivity index (χ0) is 18.0. The lowest BCUT2D eigenvalue weighted by Gasteiger charge is -2.14. The van der Waals surface area contributed by atoms with Crippen LogP contribution in [0.5, 0.6) is 5.75 Å². The Hall–Kier alpha value is -2.15. The zero-order valence-corrected chi connectivity index (χ0v) is 15.3. The molecular formula is C18H18BrNO5. The molecule has 3 rings (SSSR count). The highest BCUT2D eigenvalue weighted by atomic mass is 79.9. The van der Waals surface area contributed by atoms with Crippen LogP contribution in [0.4, 0.5) is 0 Å². The van der Waals surface area contributed by atoms with Crippen molar-refractivity contribution in [2.75, 3.05) is 13.7 Å². The fourth-order valence-electron chi connectivity index (χ4n) is 3.16. The molecule has 0 N–H and O–H groups in total. The molecule has 0 unspecified atom stereocenters. The average molecular weight is 408 g/mol. The number of fused-ring (bicyclic) bond motifs is 1. The standard InChI is InChI=1S/C18H18BrNO5/c1-24-15-7-6-11(8-14(15)19)10-25-16(21)9-20-17(22)12-4-2-3-5-13(12)18(20)23/h2-3,6-8,12-13H,4-5,9-10H2,1H3/t12-,13-/m1/s1. The number of allylic oxidation sites excluding steroid dienone is 2. The lowest BCUT2D eigenvalue weighted by Crippen LogP contribution is -2.36. The van der Waals surface area contributed by atoms with E-state index in [2.05, 4.69) is 15.9 Å². The number of benzene rings is 1. The Balaban J connectivity index is 1.57. The molecule has 7 heteroatoms. The first-order chi connectivity index (χ1) is 12.0. The van der Waals surface area contributed by atoms with Gasteiger partial charge in [-0.2, -0.15) is 0 Å². The molecule has 25 heavy (non-hydrogen) atoms. The zero-order valence-electron chi connectivity index (χ0n) is 13.7. The van der Waals surface area contributed by atoms with E-state index < -0.39 is 5.97 Å². The third-order valence-corrected chi connectivity index (χ3v) is 5.12. The number of imide groups is 1. The van der Waals surface area contributed by atoms with Crippen molar-refractivity contribution in [3.63, 3.8) is 0 Å². The quantitative estimate of drug-likeness (QED) is 0.425. The lowest BCUT2D eigenvalue weighted by atomic mass is 9.85. The summed E-state index contributed by atoms with van der Waals surface area (Å²) in [6.07, 6.45) is 4.94. The Bertz CT molecular complexity index is 719. The first kappa shape index (κ1) is 17.7. The highest BCUT2D eigenvalue weighted by Gasteiger charge is 2.47. The number of likely N-dealkylation sites (tertiary alicyclic amines) is 1. The van der Waals surface area contributed by atoms with Crippen molar-refractivity contribution in [1.82, 2.24) is 4.90 Å². The Labute approximate surface area is 153 Å². The molecule has 1 saturated heterocycles. The van der Waals surface area contributed by atoms with Gasteiger partial charge in [0.15, 0.2) is 0 Å².